The maximum Gasteiger partial charge on any atom is 0.119 e. The molecule has 1 heteroatoms. The summed E-state index contributed by atoms with van der Waals surface area (Å²) in [5.41, 5.74) is 5.28. The van der Waals surface area contributed by atoms with E-state index >= 15 is 0 Å². The molecule has 0 atom stereocenters. The monoisotopic (exact) mass is 252 g/mol. The fraction of sp³-hybridized carbons (Fsp3) is 0.222. The Morgan fingerprint density at radius 2 is 1.68 bits per heavy atom. The van der Waals surface area contributed by atoms with Crippen LogP contribution in [0.2, 0.25) is 0 Å². The number of rotatable bonds is 4. The highest BCUT2D eigenvalue weighted by Crippen LogP contribution is 2.26. The van der Waals surface area contributed by atoms with E-state index < -0.39 is 0 Å². The third kappa shape index (κ3) is 3.47. The van der Waals surface area contributed by atoms with Crippen LogP contribution in [0.15, 0.2) is 60.2 Å². The van der Waals surface area contributed by atoms with Crippen molar-refractivity contribution in [2.45, 2.75) is 20.3 Å². The highest BCUT2D eigenvalue weighted by molar-refractivity contribution is 5.71. The van der Waals surface area contributed by atoms with Gasteiger partial charge in [-0.25, -0.2) is 0 Å². The lowest BCUT2D eigenvalue weighted by molar-refractivity contribution is 0.414. The van der Waals surface area contributed by atoms with Gasteiger partial charge in [0.15, 0.2) is 0 Å². The van der Waals surface area contributed by atoms with Crippen molar-refractivity contribution in [3.8, 4) is 5.75 Å². The largest absolute Gasteiger partial charge is 0.497 e. The van der Waals surface area contributed by atoms with Crippen molar-refractivity contribution in [3.63, 3.8) is 0 Å². The zero-order valence-corrected chi connectivity index (χ0v) is 11.8. The molecule has 19 heavy (non-hydrogen) atoms. The van der Waals surface area contributed by atoms with E-state index in [0.717, 1.165) is 12.2 Å². The van der Waals surface area contributed by atoms with Crippen LogP contribution in [0, 0.1) is 0 Å². The molecule has 0 aliphatic heterocycles. The Morgan fingerprint density at radius 1 is 0.947 bits per heavy atom. The van der Waals surface area contributed by atoms with Crippen LogP contribution in [0.5, 0.6) is 5.75 Å². The molecule has 0 saturated carbocycles. The normalized spacial score (nSPS) is 10.1. The number of methoxy groups -OCH3 is 1. The predicted molar refractivity (Wildman–Crippen MR) is 81.4 cm³/mol. The molecule has 0 spiro atoms. The van der Waals surface area contributed by atoms with Gasteiger partial charge < -0.3 is 4.74 Å². The van der Waals surface area contributed by atoms with Gasteiger partial charge in [-0.3, -0.25) is 0 Å². The van der Waals surface area contributed by atoms with Crippen molar-refractivity contribution in [1.29, 1.82) is 0 Å². The second-order valence-electron chi connectivity index (χ2n) is 4.87. The fourth-order valence-electron chi connectivity index (χ4n) is 2.18. The summed E-state index contributed by atoms with van der Waals surface area (Å²) in [5, 5.41) is 0. The third-order valence-electron chi connectivity index (χ3n) is 3.25. The first-order chi connectivity index (χ1) is 9.20. The maximum atomic E-state index is 5.31. The van der Waals surface area contributed by atoms with Crippen LogP contribution in [0.3, 0.4) is 0 Å². The molecular weight excluding hydrogens is 232 g/mol. The molecule has 0 aromatic heterocycles. The molecule has 0 unspecified atom stereocenters. The summed E-state index contributed by atoms with van der Waals surface area (Å²) in [6.07, 6.45) is 0.955. The number of benzene rings is 2. The van der Waals surface area contributed by atoms with Crippen molar-refractivity contribution in [2.75, 3.05) is 7.11 Å². The minimum Gasteiger partial charge on any atom is -0.497 e. The zero-order chi connectivity index (χ0) is 13.7. The van der Waals surface area contributed by atoms with Crippen LogP contribution in [-0.4, -0.2) is 7.11 Å². The molecule has 0 N–H and O–H groups in total. The van der Waals surface area contributed by atoms with Gasteiger partial charge in [0.2, 0.25) is 0 Å². The van der Waals surface area contributed by atoms with Crippen LogP contribution >= 0.6 is 0 Å². The molecule has 0 bridgehead atoms. The summed E-state index contributed by atoms with van der Waals surface area (Å²) in [4.78, 5) is 0. The number of allylic oxidation sites excluding steroid dienone is 2. The summed E-state index contributed by atoms with van der Waals surface area (Å²) < 4.78 is 5.31. The minimum absolute atomic E-state index is 0.907. The van der Waals surface area contributed by atoms with Crippen LogP contribution in [0.1, 0.15) is 25.0 Å². The molecule has 0 amide bonds. The van der Waals surface area contributed by atoms with Crippen molar-refractivity contribution in [2.24, 2.45) is 0 Å². The average Bonchev–Trinajstić information content (AvgIpc) is 2.45. The third-order valence-corrected chi connectivity index (χ3v) is 3.25. The molecule has 2 aromatic rings. The van der Waals surface area contributed by atoms with Crippen molar-refractivity contribution in [1.82, 2.24) is 0 Å². The number of hydrogen-bond acceptors (Lipinski definition) is 1. The lowest BCUT2D eigenvalue weighted by Gasteiger charge is -2.12. The Balaban J connectivity index is 2.34. The van der Waals surface area contributed by atoms with Gasteiger partial charge in [0, 0.05) is 0 Å². The van der Waals surface area contributed by atoms with Gasteiger partial charge in [-0.1, -0.05) is 48.0 Å². The fourth-order valence-corrected chi connectivity index (χ4v) is 2.18. The molecule has 0 saturated heterocycles. The van der Waals surface area contributed by atoms with Crippen molar-refractivity contribution in [3.05, 3.63) is 71.3 Å². The van der Waals surface area contributed by atoms with E-state index in [2.05, 4.69) is 56.3 Å². The van der Waals surface area contributed by atoms with E-state index in [1.807, 2.05) is 12.1 Å². The molecular formula is C18H20O. The molecule has 0 aliphatic carbocycles. The Labute approximate surface area is 115 Å². The van der Waals surface area contributed by atoms with E-state index in [4.69, 9.17) is 4.74 Å². The van der Waals surface area contributed by atoms with Crippen LogP contribution in [0.4, 0.5) is 0 Å². The average molecular weight is 252 g/mol. The topological polar surface area (TPSA) is 9.23 Å². The second kappa shape index (κ2) is 6.24. The maximum absolute atomic E-state index is 5.31. The van der Waals surface area contributed by atoms with Crippen LogP contribution < -0.4 is 4.74 Å². The van der Waals surface area contributed by atoms with E-state index in [-0.39, 0.29) is 0 Å². The molecule has 2 rings (SSSR count). The Kier molecular flexibility index (Phi) is 4.40. The van der Waals surface area contributed by atoms with Crippen molar-refractivity contribution >= 4 is 5.57 Å². The van der Waals surface area contributed by atoms with E-state index in [9.17, 15) is 0 Å². The lowest BCUT2D eigenvalue weighted by Crippen LogP contribution is -1.94. The van der Waals surface area contributed by atoms with Gasteiger partial charge in [-0.15, -0.1) is 0 Å². The molecule has 2 aromatic carbocycles. The van der Waals surface area contributed by atoms with Gasteiger partial charge in [0.1, 0.15) is 5.75 Å². The summed E-state index contributed by atoms with van der Waals surface area (Å²) >= 11 is 0. The second-order valence-corrected chi connectivity index (χ2v) is 4.87. The molecule has 0 heterocycles. The van der Waals surface area contributed by atoms with Crippen LogP contribution in [0.25, 0.3) is 5.57 Å². The van der Waals surface area contributed by atoms with Gasteiger partial charge in [-0.2, -0.15) is 0 Å². The highest BCUT2D eigenvalue weighted by atomic mass is 16.5. The standard InChI is InChI=1S/C18H20O/c1-14(2)18(12-15-8-5-4-6-9-15)16-10-7-11-17(13-16)19-3/h4-11,13H,12H2,1-3H3. The Hall–Kier alpha value is -2.02. The Bertz CT molecular complexity index is 563. The first-order valence-electron chi connectivity index (χ1n) is 6.55. The molecule has 0 radical (unpaired) electrons. The number of hydrogen-bond donors (Lipinski definition) is 0. The summed E-state index contributed by atoms with van der Waals surface area (Å²) in [6.45, 7) is 4.33. The van der Waals surface area contributed by atoms with Gasteiger partial charge in [0.05, 0.1) is 7.11 Å². The lowest BCUT2D eigenvalue weighted by atomic mass is 9.94. The van der Waals surface area contributed by atoms with Gasteiger partial charge in [-0.05, 0) is 49.1 Å². The van der Waals surface area contributed by atoms with E-state index in [1.165, 1.54) is 22.3 Å². The minimum atomic E-state index is 0.907. The van der Waals surface area contributed by atoms with E-state index in [1.54, 1.807) is 7.11 Å². The predicted octanol–water partition coefficient (Wildman–Crippen LogP) is 4.73. The molecule has 0 aliphatic rings. The SMILES string of the molecule is COc1cccc(C(Cc2ccccc2)=C(C)C)c1. The molecule has 1 nitrogen and oxygen atoms in total. The highest BCUT2D eigenvalue weighted by Gasteiger charge is 2.06. The first-order valence-corrected chi connectivity index (χ1v) is 6.55. The summed E-state index contributed by atoms with van der Waals surface area (Å²) in [6, 6.07) is 18.8. The number of ether oxygens (including phenoxy) is 1. The Morgan fingerprint density at radius 3 is 2.32 bits per heavy atom. The van der Waals surface area contributed by atoms with Gasteiger partial charge >= 0.3 is 0 Å². The first kappa shape index (κ1) is 13.4. The summed E-state index contributed by atoms with van der Waals surface area (Å²) in [5.74, 6) is 0.907. The molecule has 0 fully saturated rings. The van der Waals surface area contributed by atoms with E-state index in [0.29, 0.717) is 0 Å². The van der Waals surface area contributed by atoms with Gasteiger partial charge in [0.25, 0.3) is 0 Å². The molecule has 98 valence electrons. The quantitative estimate of drug-likeness (QED) is 0.764. The van der Waals surface area contributed by atoms with Crippen LogP contribution in [-0.2, 0) is 6.42 Å². The summed E-state index contributed by atoms with van der Waals surface area (Å²) in [7, 11) is 1.71. The van der Waals surface area contributed by atoms with Crippen molar-refractivity contribution < 1.29 is 4.74 Å². The smallest absolute Gasteiger partial charge is 0.119 e. The zero-order valence-electron chi connectivity index (χ0n) is 11.8.